The minimum atomic E-state index is -0.297. The highest BCUT2D eigenvalue weighted by atomic mass is 16.2. The molecule has 0 aromatic heterocycles. The first-order valence-electron chi connectivity index (χ1n) is 5.31. The summed E-state index contributed by atoms with van der Waals surface area (Å²) in [6, 6.07) is 10.2. The quantitative estimate of drug-likeness (QED) is 0.786. The van der Waals surface area contributed by atoms with Crippen molar-refractivity contribution in [2.45, 2.75) is 25.3 Å². The maximum atomic E-state index is 11.1. The third-order valence-corrected chi connectivity index (χ3v) is 3.25. The predicted molar refractivity (Wildman–Crippen MR) is 59.6 cm³/mol. The van der Waals surface area contributed by atoms with E-state index >= 15 is 0 Å². The Morgan fingerprint density at radius 2 is 2.13 bits per heavy atom. The molecule has 1 saturated heterocycles. The van der Waals surface area contributed by atoms with Gasteiger partial charge in [-0.1, -0.05) is 37.3 Å². The zero-order valence-corrected chi connectivity index (χ0v) is 8.89. The second-order valence-corrected chi connectivity index (χ2v) is 4.09. The van der Waals surface area contributed by atoms with Gasteiger partial charge in [0.2, 0.25) is 0 Å². The molecule has 3 heteroatoms. The van der Waals surface area contributed by atoms with Crippen LogP contribution in [-0.4, -0.2) is 23.5 Å². The summed E-state index contributed by atoms with van der Waals surface area (Å²) in [7, 11) is 0. The normalized spacial score (nSPS) is 21.9. The van der Waals surface area contributed by atoms with Crippen LogP contribution in [0.15, 0.2) is 30.3 Å². The van der Waals surface area contributed by atoms with E-state index in [1.807, 2.05) is 18.2 Å². The van der Waals surface area contributed by atoms with Crippen LogP contribution in [0.1, 0.15) is 24.8 Å². The molecule has 1 aromatic carbocycles. The number of carbonyl (C=O) groups excluding carboxylic acids is 1. The lowest BCUT2D eigenvalue weighted by Crippen LogP contribution is -2.55. The van der Waals surface area contributed by atoms with Gasteiger partial charge in [-0.15, -0.1) is 0 Å². The molecule has 15 heavy (non-hydrogen) atoms. The van der Waals surface area contributed by atoms with Gasteiger partial charge in [0.15, 0.2) is 0 Å². The second kappa shape index (κ2) is 3.93. The summed E-state index contributed by atoms with van der Waals surface area (Å²) in [5.41, 5.74) is 6.56. The van der Waals surface area contributed by atoms with Crippen molar-refractivity contribution in [3.05, 3.63) is 35.9 Å². The number of urea groups is 1. The number of nitrogens with two attached hydrogens (primary N) is 1. The molecule has 80 valence electrons. The van der Waals surface area contributed by atoms with Gasteiger partial charge in [0.25, 0.3) is 0 Å². The number of hydrogen-bond acceptors (Lipinski definition) is 1. The molecule has 0 bridgehead atoms. The van der Waals surface area contributed by atoms with Crippen LogP contribution in [0.4, 0.5) is 4.79 Å². The molecule has 2 rings (SSSR count). The van der Waals surface area contributed by atoms with E-state index in [1.165, 1.54) is 5.56 Å². The summed E-state index contributed by atoms with van der Waals surface area (Å²) in [4.78, 5) is 12.8. The monoisotopic (exact) mass is 204 g/mol. The third kappa shape index (κ3) is 1.82. The van der Waals surface area contributed by atoms with Crippen molar-refractivity contribution < 1.29 is 4.79 Å². The van der Waals surface area contributed by atoms with E-state index in [9.17, 15) is 4.79 Å². The summed E-state index contributed by atoms with van der Waals surface area (Å²) in [6.07, 6.45) is 1.05. The average Bonchev–Trinajstić information content (AvgIpc) is 2.16. The van der Waals surface area contributed by atoms with E-state index in [2.05, 4.69) is 19.1 Å². The maximum Gasteiger partial charge on any atom is 0.315 e. The molecule has 2 unspecified atom stereocenters. The minimum Gasteiger partial charge on any atom is -0.351 e. The van der Waals surface area contributed by atoms with Crippen molar-refractivity contribution in [2.24, 2.45) is 5.73 Å². The lowest BCUT2D eigenvalue weighted by Gasteiger charge is -2.43. The van der Waals surface area contributed by atoms with E-state index in [1.54, 1.807) is 4.90 Å². The van der Waals surface area contributed by atoms with Gasteiger partial charge < -0.3 is 10.6 Å². The highest BCUT2D eigenvalue weighted by molar-refractivity contribution is 5.73. The molecular weight excluding hydrogens is 188 g/mol. The molecule has 0 aliphatic carbocycles. The van der Waals surface area contributed by atoms with Crippen LogP contribution >= 0.6 is 0 Å². The number of primary amides is 1. The molecule has 2 amide bonds. The van der Waals surface area contributed by atoms with Crippen LogP contribution in [0.25, 0.3) is 0 Å². The van der Waals surface area contributed by atoms with Crippen LogP contribution in [0.5, 0.6) is 0 Å². The van der Waals surface area contributed by atoms with E-state index in [0.29, 0.717) is 5.92 Å². The summed E-state index contributed by atoms with van der Waals surface area (Å²) in [5, 5.41) is 0. The van der Waals surface area contributed by atoms with Crippen molar-refractivity contribution in [3.63, 3.8) is 0 Å². The Morgan fingerprint density at radius 1 is 1.47 bits per heavy atom. The number of carbonyl (C=O) groups is 1. The average molecular weight is 204 g/mol. The van der Waals surface area contributed by atoms with Crippen LogP contribution in [0.2, 0.25) is 0 Å². The maximum absolute atomic E-state index is 11.1. The topological polar surface area (TPSA) is 46.3 Å². The molecule has 2 N–H and O–H groups in total. The van der Waals surface area contributed by atoms with Gasteiger partial charge in [0.1, 0.15) is 0 Å². The van der Waals surface area contributed by atoms with Crippen LogP contribution in [-0.2, 0) is 0 Å². The predicted octanol–water partition coefficient (Wildman–Crippen LogP) is 1.94. The van der Waals surface area contributed by atoms with Crippen LogP contribution < -0.4 is 5.73 Å². The Labute approximate surface area is 89.9 Å². The molecule has 0 spiro atoms. The number of amides is 2. The third-order valence-electron chi connectivity index (χ3n) is 3.25. The lowest BCUT2D eigenvalue weighted by molar-refractivity contribution is 0.107. The Morgan fingerprint density at radius 3 is 2.60 bits per heavy atom. The Bertz CT molecular complexity index is 350. The van der Waals surface area contributed by atoms with Gasteiger partial charge in [-0.2, -0.15) is 0 Å². The van der Waals surface area contributed by atoms with Crippen molar-refractivity contribution in [1.82, 2.24) is 4.90 Å². The zero-order chi connectivity index (χ0) is 10.8. The van der Waals surface area contributed by atoms with Gasteiger partial charge in [0, 0.05) is 18.5 Å². The van der Waals surface area contributed by atoms with E-state index in [-0.39, 0.29) is 12.1 Å². The van der Waals surface area contributed by atoms with E-state index < -0.39 is 0 Å². The first kappa shape index (κ1) is 10.0. The fraction of sp³-hybridized carbons (Fsp3) is 0.417. The van der Waals surface area contributed by atoms with Crippen molar-refractivity contribution >= 4 is 6.03 Å². The van der Waals surface area contributed by atoms with Gasteiger partial charge in [-0.25, -0.2) is 4.79 Å². The molecule has 2 atom stereocenters. The number of hydrogen-bond donors (Lipinski definition) is 1. The molecule has 3 nitrogen and oxygen atoms in total. The van der Waals surface area contributed by atoms with Crippen LogP contribution in [0.3, 0.4) is 0 Å². The van der Waals surface area contributed by atoms with Crippen molar-refractivity contribution in [1.29, 1.82) is 0 Å². The highest BCUT2D eigenvalue weighted by Crippen LogP contribution is 2.31. The molecule has 1 fully saturated rings. The fourth-order valence-electron chi connectivity index (χ4n) is 2.18. The Balaban J connectivity index is 2.09. The number of likely N-dealkylation sites (tertiary alicyclic amines) is 1. The van der Waals surface area contributed by atoms with Crippen molar-refractivity contribution in [2.75, 3.05) is 6.54 Å². The Kier molecular flexibility index (Phi) is 2.62. The summed E-state index contributed by atoms with van der Waals surface area (Å²) in [5.74, 6) is 0.368. The first-order valence-corrected chi connectivity index (χ1v) is 5.31. The fourth-order valence-corrected chi connectivity index (χ4v) is 2.18. The Hall–Kier alpha value is -1.51. The molecular formula is C12H16N2O. The molecule has 0 saturated carbocycles. The first-order chi connectivity index (χ1) is 7.20. The van der Waals surface area contributed by atoms with E-state index in [0.717, 1.165) is 13.0 Å². The number of benzene rings is 1. The van der Waals surface area contributed by atoms with Gasteiger partial charge in [0.05, 0.1) is 0 Å². The largest absolute Gasteiger partial charge is 0.351 e. The molecule has 0 radical (unpaired) electrons. The van der Waals surface area contributed by atoms with Crippen molar-refractivity contribution in [3.8, 4) is 0 Å². The minimum absolute atomic E-state index is 0.282. The van der Waals surface area contributed by atoms with Gasteiger partial charge in [-0.05, 0) is 12.0 Å². The molecule has 1 aliphatic rings. The van der Waals surface area contributed by atoms with Gasteiger partial charge >= 0.3 is 6.03 Å². The number of nitrogens with zero attached hydrogens (tertiary/aromatic N) is 1. The van der Waals surface area contributed by atoms with Crippen LogP contribution in [0, 0.1) is 0 Å². The summed E-state index contributed by atoms with van der Waals surface area (Å²) in [6.45, 7) is 2.95. The lowest BCUT2D eigenvalue weighted by atomic mass is 9.85. The SMILES string of the molecule is CC(c1ccccc1)C1CCN1C(N)=O. The molecule has 1 heterocycles. The summed E-state index contributed by atoms with van der Waals surface area (Å²) >= 11 is 0. The standard InChI is InChI=1S/C12H16N2O/c1-9(10-5-3-2-4-6-10)11-7-8-14(11)12(13)15/h2-6,9,11H,7-8H2,1H3,(H2,13,15). The number of rotatable bonds is 2. The smallest absolute Gasteiger partial charge is 0.315 e. The second-order valence-electron chi connectivity index (χ2n) is 4.09. The zero-order valence-electron chi connectivity index (χ0n) is 8.89. The van der Waals surface area contributed by atoms with Gasteiger partial charge in [-0.3, -0.25) is 0 Å². The highest BCUT2D eigenvalue weighted by Gasteiger charge is 2.35. The van der Waals surface area contributed by atoms with E-state index in [4.69, 9.17) is 5.73 Å². The summed E-state index contributed by atoms with van der Waals surface area (Å²) < 4.78 is 0. The molecule has 1 aliphatic heterocycles. The molecule has 1 aromatic rings.